The van der Waals surface area contributed by atoms with Crippen molar-refractivity contribution in [2.45, 2.75) is 6.92 Å². The third-order valence-electron chi connectivity index (χ3n) is 2.49. The van der Waals surface area contributed by atoms with Crippen LogP contribution in [0.25, 0.3) is 10.6 Å². The number of hydrogen-bond donors (Lipinski definition) is 1. The van der Waals surface area contributed by atoms with Crippen molar-refractivity contribution in [1.82, 2.24) is 9.88 Å². The molecular weight excluding hydrogens is 268 g/mol. The van der Waals surface area contributed by atoms with E-state index in [1.807, 2.05) is 0 Å². The predicted octanol–water partition coefficient (Wildman–Crippen LogP) is 1.95. The van der Waals surface area contributed by atoms with E-state index in [9.17, 15) is 9.59 Å². The molecule has 0 unspecified atom stereocenters. The minimum absolute atomic E-state index is 0.254. The minimum atomic E-state index is -1.04. The summed E-state index contributed by atoms with van der Waals surface area (Å²) >= 11 is 1.32. The first-order valence-electron chi connectivity index (χ1n) is 5.61. The number of carbonyl (C=O) groups excluding carboxylic acids is 1. The molecule has 1 N–H and O–H groups in total. The summed E-state index contributed by atoms with van der Waals surface area (Å²) in [5.41, 5.74) is 1.05. The lowest BCUT2D eigenvalue weighted by Gasteiger charge is -2.16. The van der Waals surface area contributed by atoms with Gasteiger partial charge in [0.05, 0.1) is 6.26 Å². The average Bonchev–Trinajstić information content (AvgIpc) is 3.04. The molecule has 0 bridgehead atoms. The zero-order chi connectivity index (χ0) is 13.8. The van der Waals surface area contributed by atoms with Crippen LogP contribution in [-0.4, -0.2) is 40.0 Å². The zero-order valence-electron chi connectivity index (χ0n) is 10.2. The van der Waals surface area contributed by atoms with Gasteiger partial charge in [-0.05, 0) is 13.0 Å². The number of hydrogen-bond acceptors (Lipinski definition) is 5. The number of nitrogens with zero attached hydrogens (tertiary/aromatic N) is 2. The lowest BCUT2D eigenvalue weighted by atomic mass is 10.3. The number of likely N-dealkylation sites (N-methyl/N-ethyl adjacent to an activating group) is 1. The van der Waals surface area contributed by atoms with E-state index in [4.69, 9.17) is 9.52 Å². The first-order valence-corrected chi connectivity index (χ1v) is 6.49. The van der Waals surface area contributed by atoms with E-state index in [0.29, 0.717) is 11.6 Å². The smallest absolute Gasteiger partial charge is 0.323 e. The summed E-state index contributed by atoms with van der Waals surface area (Å²) in [7, 11) is 0. The Hall–Kier alpha value is -2.15. The zero-order valence-corrected chi connectivity index (χ0v) is 11.0. The predicted molar refractivity (Wildman–Crippen MR) is 69.0 cm³/mol. The summed E-state index contributed by atoms with van der Waals surface area (Å²) in [5.74, 6) is -1.42. The van der Waals surface area contributed by atoms with Crippen molar-refractivity contribution in [3.05, 3.63) is 29.7 Å². The Bertz CT molecular complexity index is 576. The van der Waals surface area contributed by atoms with Gasteiger partial charge in [0.2, 0.25) is 0 Å². The van der Waals surface area contributed by atoms with Gasteiger partial charge in [0.1, 0.15) is 23.5 Å². The van der Waals surface area contributed by atoms with Crippen molar-refractivity contribution in [2.75, 3.05) is 13.1 Å². The molecule has 0 aliphatic heterocycles. The highest BCUT2D eigenvalue weighted by Gasteiger charge is 2.20. The van der Waals surface area contributed by atoms with E-state index in [1.54, 1.807) is 24.6 Å². The van der Waals surface area contributed by atoms with E-state index in [0.717, 1.165) is 5.56 Å². The highest BCUT2D eigenvalue weighted by atomic mass is 32.1. The molecule has 0 atom stereocenters. The third kappa shape index (κ3) is 3.00. The van der Waals surface area contributed by atoms with Crippen LogP contribution in [0.5, 0.6) is 0 Å². The van der Waals surface area contributed by atoms with Crippen molar-refractivity contribution in [3.8, 4) is 10.6 Å². The monoisotopic (exact) mass is 280 g/mol. The van der Waals surface area contributed by atoms with Gasteiger partial charge in [-0.1, -0.05) is 0 Å². The summed E-state index contributed by atoms with van der Waals surface area (Å²) in [5, 5.41) is 11.0. The molecule has 6 nitrogen and oxygen atoms in total. The molecule has 0 saturated carbocycles. The summed E-state index contributed by atoms with van der Waals surface area (Å²) in [6, 6.07) is 1.75. The molecule has 0 aliphatic rings. The Morgan fingerprint density at radius 3 is 2.89 bits per heavy atom. The standard InChI is InChI=1S/C12H12N2O4S/c1-2-14(5-10(15)16)12(17)9-7-19-11(13-9)8-3-4-18-6-8/h3-4,6-7H,2,5H2,1H3,(H,15,16). The highest BCUT2D eigenvalue weighted by Crippen LogP contribution is 2.24. The molecule has 0 radical (unpaired) electrons. The molecule has 2 heterocycles. The summed E-state index contributed by atoms with van der Waals surface area (Å²) in [6.45, 7) is 1.72. The van der Waals surface area contributed by atoms with Gasteiger partial charge in [-0.2, -0.15) is 0 Å². The second-order valence-corrected chi connectivity index (χ2v) is 4.62. The van der Waals surface area contributed by atoms with Gasteiger partial charge in [0.15, 0.2) is 0 Å². The van der Waals surface area contributed by atoms with E-state index in [2.05, 4.69) is 4.98 Å². The minimum Gasteiger partial charge on any atom is -0.480 e. The normalized spacial score (nSPS) is 10.4. The molecule has 7 heteroatoms. The Morgan fingerprint density at radius 2 is 2.32 bits per heavy atom. The van der Waals surface area contributed by atoms with Crippen LogP contribution in [0, 0.1) is 0 Å². The molecule has 100 valence electrons. The van der Waals surface area contributed by atoms with E-state index in [1.165, 1.54) is 22.5 Å². The molecule has 0 aliphatic carbocycles. The lowest BCUT2D eigenvalue weighted by molar-refractivity contribution is -0.137. The molecule has 2 aromatic rings. The molecular formula is C12H12N2O4S. The highest BCUT2D eigenvalue weighted by molar-refractivity contribution is 7.13. The Morgan fingerprint density at radius 1 is 1.53 bits per heavy atom. The summed E-state index contributed by atoms with van der Waals surface area (Å²) < 4.78 is 4.95. The molecule has 2 rings (SSSR count). The lowest BCUT2D eigenvalue weighted by Crippen LogP contribution is -2.35. The van der Waals surface area contributed by atoms with E-state index >= 15 is 0 Å². The Labute approximate surface area is 113 Å². The van der Waals surface area contributed by atoms with Crippen molar-refractivity contribution in [2.24, 2.45) is 0 Å². The first-order chi connectivity index (χ1) is 9.11. The second kappa shape index (κ2) is 5.66. The average molecular weight is 280 g/mol. The van der Waals surface area contributed by atoms with Crippen LogP contribution >= 0.6 is 11.3 Å². The Kier molecular flexibility index (Phi) is 3.96. The number of aromatic nitrogens is 1. The van der Waals surface area contributed by atoms with Crippen LogP contribution in [0.15, 0.2) is 28.4 Å². The van der Waals surface area contributed by atoms with E-state index in [-0.39, 0.29) is 18.1 Å². The number of amides is 1. The topological polar surface area (TPSA) is 83.6 Å². The van der Waals surface area contributed by atoms with Crippen LogP contribution < -0.4 is 0 Å². The van der Waals surface area contributed by atoms with Crippen molar-refractivity contribution in [3.63, 3.8) is 0 Å². The van der Waals surface area contributed by atoms with Crippen LogP contribution in [0.2, 0.25) is 0 Å². The SMILES string of the molecule is CCN(CC(=O)O)C(=O)c1csc(-c2ccoc2)n1. The van der Waals surface area contributed by atoms with Crippen molar-refractivity contribution in [1.29, 1.82) is 0 Å². The third-order valence-corrected chi connectivity index (χ3v) is 3.38. The maximum atomic E-state index is 12.1. The Balaban J connectivity index is 2.17. The van der Waals surface area contributed by atoms with Gasteiger partial charge in [-0.3, -0.25) is 9.59 Å². The van der Waals surface area contributed by atoms with Gasteiger partial charge < -0.3 is 14.4 Å². The number of aliphatic carboxylic acids is 1. The molecule has 0 aromatic carbocycles. The van der Waals surface area contributed by atoms with Crippen molar-refractivity contribution >= 4 is 23.2 Å². The van der Waals surface area contributed by atoms with Crippen LogP contribution in [0.1, 0.15) is 17.4 Å². The number of carboxylic acids is 1. The number of carboxylic acid groups (broad SMARTS) is 1. The van der Waals surface area contributed by atoms with Crippen molar-refractivity contribution < 1.29 is 19.1 Å². The number of carbonyl (C=O) groups is 2. The fourth-order valence-electron chi connectivity index (χ4n) is 1.54. The molecule has 0 spiro atoms. The molecule has 0 fully saturated rings. The fraction of sp³-hybridized carbons (Fsp3) is 0.250. The van der Waals surface area contributed by atoms with Gasteiger partial charge in [-0.15, -0.1) is 11.3 Å². The molecule has 2 aromatic heterocycles. The van der Waals surface area contributed by atoms with Gasteiger partial charge >= 0.3 is 5.97 Å². The summed E-state index contributed by atoms with van der Waals surface area (Å²) in [6.07, 6.45) is 3.07. The van der Waals surface area contributed by atoms with Gasteiger partial charge in [0, 0.05) is 17.5 Å². The first kappa shape index (κ1) is 13.3. The summed E-state index contributed by atoms with van der Waals surface area (Å²) in [4.78, 5) is 28.2. The fourth-order valence-corrected chi connectivity index (χ4v) is 2.32. The largest absolute Gasteiger partial charge is 0.480 e. The second-order valence-electron chi connectivity index (χ2n) is 3.76. The maximum Gasteiger partial charge on any atom is 0.323 e. The van der Waals surface area contributed by atoms with Crippen LogP contribution in [-0.2, 0) is 4.79 Å². The molecule has 1 amide bonds. The van der Waals surface area contributed by atoms with E-state index < -0.39 is 5.97 Å². The quantitative estimate of drug-likeness (QED) is 0.905. The number of rotatable bonds is 5. The number of furan rings is 1. The number of thiazole rings is 1. The van der Waals surface area contributed by atoms with Crippen LogP contribution in [0.4, 0.5) is 0 Å². The van der Waals surface area contributed by atoms with Gasteiger partial charge in [0.25, 0.3) is 5.91 Å². The van der Waals surface area contributed by atoms with Crippen LogP contribution in [0.3, 0.4) is 0 Å². The molecule has 19 heavy (non-hydrogen) atoms. The van der Waals surface area contributed by atoms with Gasteiger partial charge in [-0.25, -0.2) is 4.98 Å². The maximum absolute atomic E-state index is 12.1. The molecule has 0 saturated heterocycles.